The van der Waals surface area contributed by atoms with Gasteiger partial charge in [-0.05, 0) is 44.7 Å². The van der Waals surface area contributed by atoms with E-state index in [-0.39, 0.29) is 5.91 Å². The van der Waals surface area contributed by atoms with Gasteiger partial charge in [0.1, 0.15) is 11.8 Å². The molecule has 1 atom stereocenters. The molecule has 20 heavy (non-hydrogen) atoms. The molecule has 1 aliphatic carbocycles. The molecular weight excluding hydrogens is 254 g/mol. The number of ether oxygens (including phenoxy) is 1. The van der Waals surface area contributed by atoms with Crippen molar-refractivity contribution in [2.75, 3.05) is 11.9 Å². The van der Waals surface area contributed by atoms with Crippen LogP contribution in [0.25, 0.3) is 5.65 Å². The maximum atomic E-state index is 12.0. The van der Waals surface area contributed by atoms with Gasteiger partial charge in [0, 0.05) is 12.4 Å². The average Bonchev–Trinajstić information content (AvgIpc) is 3.16. The molecule has 1 N–H and O–H groups in total. The number of hydrogen-bond donors (Lipinski definition) is 1. The van der Waals surface area contributed by atoms with Crippen molar-refractivity contribution in [2.24, 2.45) is 5.92 Å². The van der Waals surface area contributed by atoms with Gasteiger partial charge in [0.25, 0.3) is 5.91 Å². The number of aromatic nitrogens is 2. The molecule has 0 aliphatic heterocycles. The first kappa shape index (κ1) is 13.1. The molecule has 0 bridgehead atoms. The molecular formula is C15H19N3O2. The van der Waals surface area contributed by atoms with Crippen LogP contribution in [0.1, 0.15) is 25.5 Å². The first-order valence-electron chi connectivity index (χ1n) is 6.99. The zero-order valence-corrected chi connectivity index (χ0v) is 11.8. The third kappa shape index (κ3) is 2.99. The average molecular weight is 273 g/mol. The van der Waals surface area contributed by atoms with E-state index in [0.29, 0.717) is 12.5 Å². The van der Waals surface area contributed by atoms with E-state index in [1.54, 1.807) is 6.92 Å². The molecule has 1 saturated carbocycles. The highest BCUT2D eigenvalue weighted by Gasteiger charge is 2.24. The van der Waals surface area contributed by atoms with Crippen LogP contribution in [0.5, 0.6) is 0 Å². The first-order valence-corrected chi connectivity index (χ1v) is 6.99. The zero-order valence-electron chi connectivity index (χ0n) is 11.8. The van der Waals surface area contributed by atoms with Crippen LogP contribution in [0, 0.1) is 12.8 Å². The van der Waals surface area contributed by atoms with Crippen LogP contribution >= 0.6 is 0 Å². The van der Waals surface area contributed by atoms with Gasteiger partial charge in [-0.2, -0.15) is 0 Å². The van der Waals surface area contributed by atoms with Crippen molar-refractivity contribution < 1.29 is 9.53 Å². The highest BCUT2D eigenvalue weighted by molar-refractivity contribution is 5.93. The van der Waals surface area contributed by atoms with Gasteiger partial charge in [-0.1, -0.05) is 0 Å². The minimum absolute atomic E-state index is 0.109. The van der Waals surface area contributed by atoms with Gasteiger partial charge in [-0.15, -0.1) is 0 Å². The van der Waals surface area contributed by atoms with E-state index in [4.69, 9.17) is 4.74 Å². The maximum absolute atomic E-state index is 12.0. The van der Waals surface area contributed by atoms with Crippen molar-refractivity contribution >= 4 is 17.2 Å². The van der Waals surface area contributed by atoms with Gasteiger partial charge in [-0.3, -0.25) is 4.79 Å². The summed E-state index contributed by atoms with van der Waals surface area (Å²) < 4.78 is 7.46. The standard InChI is InChI=1S/C15H19N3O2/c1-10-7-18-8-13(5-6-14(18)16-10)17-15(19)11(2)20-9-12-3-4-12/h5-8,11-12H,3-4,9H2,1-2H3,(H,17,19). The molecule has 0 radical (unpaired) electrons. The number of imidazole rings is 1. The van der Waals surface area contributed by atoms with Crippen molar-refractivity contribution in [3.8, 4) is 0 Å². The lowest BCUT2D eigenvalue weighted by molar-refractivity contribution is -0.126. The summed E-state index contributed by atoms with van der Waals surface area (Å²) in [5.41, 5.74) is 2.58. The van der Waals surface area contributed by atoms with Crippen LogP contribution in [0.3, 0.4) is 0 Å². The van der Waals surface area contributed by atoms with Crippen molar-refractivity contribution in [3.05, 3.63) is 30.2 Å². The second-order valence-electron chi connectivity index (χ2n) is 5.47. The monoisotopic (exact) mass is 273 g/mol. The third-order valence-electron chi connectivity index (χ3n) is 3.49. The first-order chi connectivity index (χ1) is 9.61. The number of rotatable bonds is 5. The fraction of sp³-hybridized carbons (Fsp3) is 0.467. The third-order valence-corrected chi connectivity index (χ3v) is 3.49. The molecule has 5 nitrogen and oxygen atoms in total. The van der Waals surface area contributed by atoms with Crippen molar-refractivity contribution in [2.45, 2.75) is 32.8 Å². The van der Waals surface area contributed by atoms with E-state index in [0.717, 1.165) is 17.0 Å². The number of hydrogen-bond acceptors (Lipinski definition) is 3. The summed E-state index contributed by atoms with van der Waals surface area (Å²) in [5.74, 6) is 0.553. The summed E-state index contributed by atoms with van der Waals surface area (Å²) in [4.78, 5) is 16.4. The number of carbonyl (C=O) groups excluding carboxylic acids is 1. The molecule has 1 amide bonds. The Kier molecular flexibility index (Phi) is 3.44. The Morgan fingerprint density at radius 1 is 1.50 bits per heavy atom. The van der Waals surface area contributed by atoms with Gasteiger partial charge in [0.2, 0.25) is 0 Å². The Morgan fingerprint density at radius 3 is 3.05 bits per heavy atom. The molecule has 1 fully saturated rings. The van der Waals surface area contributed by atoms with Crippen molar-refractivity contribution in [1.29, 1.82) is 0 Å². The lowest BCUT2D eigenvalue weighted by atomic mass is 10.3. The molecule has 2 aromatic rings. The normalized spacial score (nSPS) is 16.3. The highest BCUT2D eigenvalue weighted by atomic mass is 16.5. The second-order valence-corrected chi connectivity index (χ2v) is 5.47. The summed E-state index contributed by atoms with van der Waals surface area (Å²) in [5, 5.41) is 2.87. The fourth-order valence-corrected chi connectivity index (χ4v) is 2.08. The molecule has 2 aromatic heterocycles. The summed E-state index contributed by atoms with van der Waals surface area (Å²) in [6.45, 7) is 4.42. The summed E-state index contributed by atoms with van der Waals surface area (Å²) in [6.07, 6.45) is 5.82. The minimum atomic E-state index is -0.421. The van der Waals surface area contributed by atoms with E-state index < -0.39 is 6.10 Å². The van der Waals surface area contributed by atoms with E-state index in [1.165, 1.54) is 12.8 Å². The molecule has 2 heterocycles. The Balaban J connectivity index is 1.63. The Morgan fingerprint density at radius 2 is 2.30 bits per heavy atom. The zero-order chi connectivity index (χ0) is 14.1. The lowest BCUT2D eigenvalue weighted by Gasteiger charge is -2.13. The van der Waals surface area contributed by atoms with Gasteiger partial charge in [0.15, 0.2) is 0 Å². The molecule has 5 heteroatoms. The predicted octanol–water partition coefficient (Wildman–Crippen LogP) is 2.40. The molecule has 0 aromatic carbocycles. The summed E-state index contributed by atoms with van der Waals surface area (Å²) >= 11 is 0. The van der Waals surface area contributed by atoms with E-state index >= 15 is 0 Å². The number of nitrogens with zero attached hydrogens (tertiary/aromatic N) is 2. The van der Waals surface area contributed by atoms with Crippen molar-refractivity contribution in [1.82, 2.24) is 9.38 Å². The molecule has 1 aliphatic rings. The highest BCUT2D eigenvalue weighted by Crippen LogP contribution is 2.29. The number of anilines is 1. The lowest BCUT2D eigenvalue weighted by Crippen LogP contribution is -2.28. The molecule has 0 spiro atoms. The molecule has 0 saturated heterocycles. The maximum Gasteiger partial charge on any atom is 0.253 e. The van der Waals surface area contributed by atoms with E-state index in [1.807, 2.05) is 35.9 Å². The number of pyridine rings is 1. The van der Waals surface area contributed by atoms with Crippen molar-refractivity contribution in [3.63, 3.8) is 0 Å². The van der Waals surface area contributed by atoms with Gasteiger partial charge in [0.05, 0.1) is 18.0 Å². The van der Waals surface area contributed by atoms with Gasteiger partial charge >= 0.3 is 0 Å². The number of amides is 1. The minimum Gasteiger partial charge on any atom is -0.368 e. The number of aryl methyl sites for hydroxylation is 1. The van der Waals surface area contributed by atoms with Crippen LogP contribution in [0.15, 0.2) is 24.5 Å². The van der Waals surface area contributed by atoms with Crippen LogP contribution in [0.2, 0.25) is 0 Å². The predicted molar refractivity (Wildman–Crippen MR) is 76.7 cm³/mol. The number of nitrogens with one attached hydrogen (secondary N) is 1. The summed E-state index contributed by atoms with van der Waals surface area (Å²) in [7, 11) is 0. The van der Waals surface area contributed by atoms with Crippen LogP contribution < -0.4 is 5.32 Å². The van der Waals surface area contributed by atoms with Gasteiger partial charge in [-0.25, -0.2) is 4.98 Å². The Bertz CT molecular complexity index is 631. The largest absolute Gasteiger partial charge is 0.368 e. The SMILES string of the molecule is Cc1cn2cc(NC(=O)C(C)OCC3CC3)ccc2n1. The van der Waals surface area contributed by atoms with E-state index in [9.17, 15) is 4.79 Å². The molecule has 1 unspecified atom stereocenters. The van der Waals surface area contributed by atoms with Gasteiger partial charge < -0.3 is 14.5 Å². The Labute approximate surface area is 118 Å². The molecule has 106 valence electrons. The second kappa shape index (κ2) is 5.25. The quantitative estimate of drug-likeness (QED) is 0.910. The fourth-order valence-electron chi connectivity index (χ4n) is 2.08. The Hall–Kier alpha value is -1.88. The van der Waals surface area contributed by atoms with Crippen LogP contribution in [-0.2, 0) is 9.53 Å². The molecule has 3 rings (SSSR count). The van der Waals surface area contributed by atoms with Crippen LogP contribution in [0.4, 0.5) is 5.69 Å². The number of carbonyl (C=O) groups is 1. The summed E-state index contributed by atoms with van der Waals surface area (Å²) in [6, 6.07) is 3.74. The topological polar surface area (TPSA) is 55.6 Å². The van der Waals surface area contributed by atoms with E-state index in [2.05, 4.69) is 10.3 Å². The number of fused-ring (bicyclic) bond motifs is 1. The van der Waals surface area contributed by atoms with Crippen LogP contribution in [-0.4, -0.2) is 28.0 Å². The smallest absolute Gasteiger partial charge is 0.253 e.